The number of alkyl halides is 3. The Morgan fingerprint density at radius 1 is 1.32 bits per heavy atom. The molecule has 184 valence electrons. The van der Waals surface area contributed by atoms with Crippen molar-refractivity contribution in [2.75, 3.05) is 7.04 Å². The zero-order valence-corrected chi connectivity index (χ0v) is 17.6. The number of pyridine rings is 1. The first-order chi connectivity index (χ1) is 16.9. The van der Waals surface area contributed by atoms with Gasteiger partial charge in [0.1, 0.15) is 11.8 Å². The van der Waals surface area contributed by atoms with Crippen molar-refractivity contribution in [2.24, 2.45) is 16.6 Å². The summed E-state index contributed by atoms with van der Waals surface area (Å²) in [6, 6.07) is 3.25. The van der Waals surface area contributed by atoms with Crippen LogP contribution in [0.25, 0.3) is 0 Å². The normalized spacial score (nSPS) is 27.1. The van der Waals surface area contributed by atoms with Crippen molar-refractivity contribution in [1.82, 2.24) is 4.73 Å². The zero-order valence-electron chi connectivity index (χ0n) is 20.6. The molecule has 8 nitrogen and oxygen atoms in total. The summed E-state index contributed by atoms with van der Waals surface area (Å²) in [4.78, 5) is 28.2. The van der Waals surface area contributed by atoms with Gasteiger partial charge in [0.25, 0.3) is 11.8 Å². The quantitative estimate of drug-likeness (QED) is 0.503. The largest absolute Gasteiger partial charge is 0.493 e. The third kappa shape index (κ3) is 4.11. The average Bonchev–Trinajstić information content (AvgIpc) is 3.04. The van der Waals surface area contributed by atoms with Crippen LogP contribution in [0, 0.1) is 17.6 Å². The number of carbonyl (C=O) groups is 2. The summed E-state index contributed by atoms with van der Waals surface area (Å²) in [5.74, 6) is -10.3. The molecule has 34 heavy (non-hydrogen) atoms. The molecular weight excluding hydrogens is 469 g/mol. The molecule has 0 radical (unpaired) electrons. The number of rotatable bonds is 4. The van der Waals surface area contributed by atoms with Crippen LogP contribution in [0.1, 0.15) is 39.9 Å². The molecule has 0 unspecified atom stereocenters. The number of nitrogens with two attached hydrogens (primary N) is 1. The third-order valence-electron chi connectivity index (χ3n) is 5.86. The zero-order chi connectivity index (χ0) is 28.1. The summed E-state index contributed by atoms with van der Waals surface area (Å²) in [6.45, 7) is 1.68. The van der Waals surface area contributed by atoms with Crippen molar-refractivity contribution < 1.29 is 50.3 Å². The van der Waals surface area contributed by atoms with E-state index in [1.807, 2.05) is 0 Å². The van der Waals surface area contributed by atoms with Gasteiger partial charge in [-0.25, -0.2) is 9.38 Å². The monoisotopic (exact) mass is 492 g/mol. The number of amides is 2. The van der Waals surface area contributed by atoms with E-state index in [9.17, 15) is 36.7 Å². The van der Waals surface area contributed by atoms with Gasteiger partial charge in [-0.15, -0.1) is 0 Å². The fourth-order valence-corrected chi connectivity index (χ4v) is 3.85. The van der Waals surface area contributed by atoms with E-state index in [0.717, 1.165) is 31.3 Å². The summed E-state index contributed by atoms with van der Waals surface area (Å²) < 4.78 is 103. The number of primary amides is 1. The maximum Gasteiger partial charge on any atom is 0.417 e. The molecule has 2 heterocycles. The van der Waals surface area contributed by atoms with Gasteiger partial charge in [0.05, 0.1) is 16.5 Å². The number of benzene rings is 1. The van der Waals surface area contributed by atoms with Gasteiger partial charge >= 0.3 is 6.18 Å². The number of hydrogen-bond acceptors (Lipinski definition) is 5. The Morgan fingerprint density at radius 3 is 2.59 bits per heavy atom. The molecule has 1 aliphatic rings. The molecule has 1 fully saturated rings. The lowest BCUT2D eigenvalue weighted by Crippen LogP contribution is -2.47. The first kappa shape index (κ1) is 21.1. The van der Waals surface area contributed by atoms with Crippen molar-refractivity contribution in [3.63, 3.8) is 0 Å². The summed E-state index contributed by atoms with van der Waals surface area (Å²) >= 11 is 0. The molecule has 1 saturated heterocycles. The van der Waals surface area contributed by atoms with E-state index >= 15 is 0 Å². The standard InChI is InChI=1S/C21H20F5N3O5/c1-9-14(11-4-5-12(22)15(23)16(11)33-3)17(34-20(9,2)21(24,25)26)19(31)28-10-6-7-29(32)13(8-10)18(27)30/h4-9,14,17,32H,1-3H3,(H2,27,30)/t9-,14-,17-,20-/m1/s1/i3D3. The van der Waals surface area contributed by atoms with Gasteiger partial charge in [-0.2, -0.15) is 22.3 Å². The number of nitrogens with zero attached hydrogens (tertiary/aromatic N) is 2. The first-order valence-electron chi connectivity index (χ1n) is 11.1. The minimum Gasteiger partial charge on any atom is -0.493 e. The van der Waals surface area contributed by atoms with Crippen molar-refractivity contribution in [3.05, 3.63) is 58.7 Å². The van der Waals surface area contributed by atoms with Crippen LogP contribution in [0.15, 0.2) is 35.5 Å². The lowest BCUT2D eigenvalue weighted by atomic mass is 9.77. The lowest BCUT2D eigenvalue weighted by Gasteiger charge is -2.32. The summed E-state index contributed by atoms with van der Waals surface area (Å²) in [5, 5.41) is 9.32. The molecule has 4 atom stereocenters. The van der Waals surface area contributed by atoms with Crippen molar-refractivity contribution in [3.8, 4) is 5.75 Å². The molecule has 1 aromatic heterocycles. The molecule has 2 aromatic rings. The van der Waals surface area contributed by atoms with E-state index < -0.39 is 77.2 Å². The van der Waals surface area contributed by atoms with E-state index in [0.29, 0.717) is 17.7 Å². The molecule has 3 rings (SSSR count). The molecule has 3 N–H and O–H groups in total. The van der Waals surface area contributed by atoms with Crippen LogP contribution in [0.4, 0.5) is 22.0 Å². The van der Waals surface area contributed by atoms with E-state index in [2.05, 4.69) is 9.73 Å². The molecule has 0 bridgehead atoms. The van der Waals surface area contributed by atoms with Gasteiger partial charge in [0, 0.05) is 23.6 Å². The molecule has 1 aromatic carbocycles. The Labute approximate surface area is 193 Å². The topological polar surface area (TPSA) is 116 Å². The van der Waals surface area contributed by atoms with E-state index in [1.54, 1.807) is 0 Å². The molecule has 2 amide bonds. The predicted molar refractivity (Wildman–Crippen MR) is 105 cm³/mol. The Balaban J connectivity index is 2.22. The Kier molecular flexibility index (Phi) is 5.40. The number of halogens is 5. The molecule has 13 heteroatoms. The van der Waals surface area contributed by atoms with Gasteiger partial charge in [-0.05, 0) is 25.1 Å². The summed E-state index contributed by atoms with van der Waals surface area (Å²) in [5.41, 5.74) is 1.03. The fourth-order valence-electron chi connectivity index (χ4n) is 3.85. The van der Waals surface area contributed by atoms with E-state index in [4.69, 9.17) is 14.6 Å². The number of aromatic nitrogens is 1. The Bertz CT molecular complexity index is 1310. The fraction of sp³-hybridized carbons (Fsp3) is 0.381. The van der Waals surface area contributed by atoms with Crippen molar-refractivity contribution >= 4 is 11.8 Å². The highest BCUT2D eigenvalue weighted by atomic mass is 19.4. The Hall–Kier alpha value is -3.48. The van der Waals surface area contributed by atoms with Crippen LogP contribution in [0.2, 0.25) is 0 Å². The van der Waals surface area contributed by atoms with Crippen molar-refractivity contribution in [1.29, 1.82) is 0 Å². The average molecular weight is 492 g/mol. The van der Waals surface area contributed by atoms with Crippen LogP contribution in [0.5, 0.6) is 5.75 Å². The highest BCUT2D eigenvalue weighted by Gasteiger charge is 2.65. The van der Waals surface area contributed by atoms with Crippen molar-refractivity contribution in [2.45, 2.75) is 37.6 Å². The summed E-state index contributed by atoms with van der Waals surface area (Å²) in [6.07, 6.45) is -6.25. The third-order valence-corrected chi connectivity index (χ3v) is 5.86. The second-order valence-corrected chi connectivity index (χ2v) is 7.77. The molecule has 0 spiro atoms. The highest BCUT2D eigenvalue weighted by Crippen LogP contribution is 2.55. The van der Waals surface area contributed by atoms with E-state index in [1.165, 1.54) is 0 Å². The number of carbonyl (C=O) groups excluding carboxylic acids is 2. The number of hydrogen-bond donors (Lipinski definition) is 2. The van der Waals surface area contributed by atoms with Gasteiger partial charge in [-0.3, -0.25) is 9.59 Å². The van der Waals surface area contributed by atoms with Crippen LogP contribution in [-0.4, -0.2) is 46.7 Å². The first-order valence-corrected chi connectivity index (χ1v) is 9.59. The van der Waals surface area contributed by atoms with Crippen LogP contribution in [-0.2, 0) is 9.53 Å². The van der Waals surface area contributed by atoms with Gasteiger partial charge in [0.15, 0.2) is 17.2 Å². The smallest absolute Gasteiger partial charge is 0.417 e. The van der Waals surface area contributed by atoms with Gasteiger partial charge in [-0.1, -0.05) is 13.0 Å². The van der Waals surface area contributed by atoms with Crippen LogP contribution < -0.4 is 15.8 Å². The molecule has 1 aliphatic heterocycles. The predicted octanol–water partition coefficient (Wildman–Crippen LogP) is 2.68. The SMILES string of the molecule is [2H]C([2H])([2H])Oc1c([C@H]2[C@@H](C)[C@](C)(C(F)(F)F)O[C@H]2C(=O)N=c2ccn(O)c(C(N)=O)c2)ccc(F)c1F. The lowest BCUT2D eigenvalue weighted by molar-refractivity contribution is -0.272. The second kappa shape index (κ2) is 8.70. The number of methoxy groups -OCH3 is 1. The maximum absolute atomic E-state index is 14.6. The number of ether oxygens (including phenoxy) is 2. The Morgan fingerprint density at radius 2 is 2.00 bits per heavy atom. The highest BCUT2D eigenvalue weighted by molar-refractivity contribution is 5.91. The summed E-state index contributed by atoms with van der Waals surface area (Å²) in [7, 11) is -3.32. The van der Waals surface area contributed by atoms with Gasteiger partial charge < -0.3 is 20.4 Å². The minimum atomic E-state index is -5.06. The second-order valence-electron chi connectivity index (χ2n) is 7.77. The molecular formula is C21H20F5N3O5. The van der Waals surface area contributed by atoms with E-state index in [-0.39, 0.29) is 5.36 Å². The molecule has 0 aliphatic carbocycles. The maximum atomic E-state index is 14.6. The van der Waals surface area contributed by atoms with Crippen LogP contribution >= 0.6 is 0 Å². The van der Waals surface area contributed by atoms with Crippen LogP contribution in [0.3, 0.4) is 0 Å². The van der Waals surface area contributed by atoms with Gasteiger partial charge in [0.2, 0.25) is 5.82 Å². The minimum absolute atomic E-state index is 0.302. The molecule has 0 saturated carbocycles.